The molecule has 1 heterocycles. The number of benzene rings is 2. The molecule has 4 rings (SSSR count). The number of aliphatic hydroxyl groups is 1. The molecule has 1 amide bonds. The second-order valence-corrected chi connectivity index (χ2v) is 13.7. The van der Waals surface area contributed by atoms with Crippen LogP contribution < -0.4 is 10.0 Å². The fraction of sp³-hybridized carbons (Fsp3) is 0.517. The van der Waals surface area contributed by atoms with Crippen molar-refractivity contribution in [1.82, 2.24) is 15.0 Å². The molecule has 0 atom stereocenters. The Morgan fingerprint density at radius 2 is 1.68 bits per heavy atom. The summed E-state index contributed by atoms with van der Waals surface area (Å²) in [4.78, 5) is 17.7. The summed E-state index contributed by atoms with van der Waals surface area (Å²) in [7, 11) is -3.79. The van der Waals surface area contributed by atoms with Crippen LogP contribution in [0, 0.1) is 5.92 Å². The quantitative estimate of drug-likeness (QED) is 0.361. The number of aromatic nitrogens is 1. The number of carbonyl (C=O) groups is 1. The summed E-state index contributed by atoms with van der Waals surface area (Å²) in [5.74, 6) is 0.362. The average Bonchev–Trinajstić information content (AvgIpc) is 3.24. The van der Waals surface area contributed by atoms with Gasteiger partial charge in [-0.05, 0) is 64.5 Å². The molecule has 0 aliphatic heterocycles. The van der Waals surface area contributed by atoms with Crippen LogP contribution in [0.5, 0.6) is 0 Å². The summed E-state index contributed by atoms with van der Waals surface area (Å²) in [6.45, 7) is 8.68. The van der Waals surface area contributed by atoms with Crippen LogP contribution >= 0.6 is 0 Å². The SMILES string of the molecule is CC(C)(O)CNC(=O)c1nc(CC2CCCCC2)c(-c2ccc(S(=O)(=O)NC(C)(C)C)c3ccccc23)o1. The van der Waals surface area contributed by atoms with Gasteiger partial charge in [-0.1, -0.05) is 56.4 Å². The summed E-state index contributed by atoms with van der Waals surface area (Å²) in [5, 5.41) is 14.0. The van der Waals surface area contributed by atoms with E-state index < -0.39 is 27.1 Å². The molecule has 0 spiro atoms. The molecule has 0 saturated heterocycles. The van der Waals surface area contributed by atoms with Gasteiger partial charge in [0.05, 0.1) is 16.2 Å². The van der Waals surface area contributed by atoms with E-state index >= 15 is 0 Å². The predicted molar refractivity (Wildman–Crippen MR) is 148 cm³/mol. The molecule has 38 heavy (non-hydrogen) atoms. The van der Waals surface area contributed by atoms with Crippen molar-refractivity contribution in [2.45, 2.75) is 89.2 Å². The van der Waals surface area contributed by atoms with Crippen molar-refractivity contribution in [1.29, 1.82) is 0 Å². The number of carbonyl (C=O) groups excluding carboxylic acids is 1. The first-order valence-electron chi connectivity index (χ1n) is 13.3. The highest BCUT2D eigenvalue weighted by Crippen LogP contribution is 2.37. The molecule has 8 nitrogen and oxygen atoms in total. The predicted octanol–water partition coefficient (Wildman–Crippen LogP) is 5.20. The minimum atomic E-state index is -3.79. The Balaban J connectivity index is 1.81. The first-order valence-corrected chi connectivity index (χ1v) is 14.8. The van der Waals surface area contributed by atoms with Crippen LogP contribution in [0.15, 0.2) is 45.7 Å². The Hall–Kier alpha value is -2.75. The van der Waals surface area contributed by atoms with Gasteiger partial charge in [-0.25, -0.2) is 18.1 Å². The maximum absolute atomic E-state index is 13.3. The first-order chi connectivity index (χ1) is 17.7. The number of nitrogens with one attached hydrogen (secondary N) is 2. The summed E-state index contributed by atoms with van der Waals surface area (Å²) in [6.07, 6.45) is 6.46. The number of oxazole rings is 1. The van der Waals surface area contributed by atoms with Crippen molar-refractivity contribution in [3.05, 3.63) is 48.0 Å². The highest BCUT2D eigenvalue weighted by atomic mass is 32.2. The van der Waals surface area contributed by atoms with E-state index in [4.69, 9.17) is 4.42 Å². The molecule has 3 aromatic rings. The molecule has 2 aromatic carbocycles. The molecule has 9 heteroatoms. The Morgan fingerprint density at radius 3 is 2.32 bits per heavy atom. The Kier molecular flexibility index (Phi) is 8.02. The van der Waals surface area contributed by atoms with Gasteiger partial charge in [0, 0.05) is 23.0 Å². The zero-order valence-electron chi connectivity index (χ0n) is 22.9. The van der Waals surface area contributed by atoms with Gasteiger partial charge in [-0.3, -0.25) is 4.79 Å². The van der Waals surface area contributed by atoms with Crippen LogP contribution in [-0.4, -0.2) is 42.1 Å². The van der Waals surface area contributed by atoms with E-state index in [0.717, 1.165) is 12.8 Å². The maximum atomic E-state index is 13.3. The van der Waals surface area contributed by atoms with Crippen LogP contribution in [0.1, 0.15) is 83.1 Å². The van der Waals surface area contributed by atoms with Crippen molar-refractivity contribution >= 4 is 26.7 Å². The van der Waals surface area contributed by atoms with Crippen molar-refractivity contribution < 1.29 is 22.7 Å². The van der Waals surface area contributed by atoms with Gasteiger partial charge in [0.2, 0.25) is 10.0 Å². The largest absolute Gasteiger partial charge is 0.432 e. The fourth-order valence-corrected chi connectivity index (χ4v) is 6.63. The highest BCUT2D eigenvalue weighted by molar-refractivity contribution is 7.89. The first kappa shape index (κ1) is 28.3. The van der Waals surface area contributed by atoms with Gasteiger partial charge in [0.1, 0.15) is 0 Å². The number of amides is 1. The lowest BCUT2D eigenvalue weighted by atomic mass is 9.85. The van der Waals surface area contributed by atoms with Gasteiger partial charge < -0.3 is 14.8 Å². The minimum Gasteiger partial charge on any atom is -0.432 e. The van der Waals surface area contributed by atoms with E-state index in [1.807, 2.05) is 12.1 Å². The van der Waals surface area contributed by atoms with E-state index in [9.17, 15) is 18.3 Å². The van der Waals surface area contributed by atoms with E-state index in [2.05, 4.69) is 15.0 Å². The zero-order valence-corrected chi connectivity index (χ0v) is 23.7. The molecule has 1 fully saturated rings. The highest BCUT2D eigenvalue weighted by Gasteiger charge is 2.28. The van der Waals surface area contributed by atoms with E-state index in [1.54, 1.807) is 58.9 Å². The molecule has 1 aromatic heterocycles. The zero-order chi connectivity index (χ0) is 27.7. The average molecular weight is 542 g/mol. The van der Waals surface area contributed by atoms with Gasteiger partial charge in [-0.15, -0.1) is 0 Å². The van der Waals surface area contributed by atoms with Crippen LogP contribution in [0.4, 0.5) is 0 Å². The molecule has 0 radical (unpaired) electrons. The number of nitrogens with zero attached hydrogens (tertiary/aromatic N) is 1. The Bertz CT molecular complexity index is 1410. The molecule has 1 aliphatic rings. The second kappa shape index (κ2) is 10.8. The van der Waals surface area contributed by atoms with Crippen LogP contribution in [0.2, 0.25) is 0 Å². The number of fused-ring (bicyclic) bond motifs is 1. The van der Waals surface area contributed by atoms with Gasteiger partial charge in [-0.2, -0.15) is 0 Å². The monoisotopic (exact) mass is 541 g/mol. The molecule has 1 saturated carbocycles. The van der Waals surface area contributed by atoms with Crippen LogP contribution in [-0.2, 0) is 16.4 Å². The smallest absolute Gasteiger partial charge is 0.307 e. The third kappa shape index (κ3) is 6.81. The molecular formula is C29H39N3O5S. The van der Waals surface area contributed by atoms with Crippen molar-refractivity contribution in [3.63, 3.8) is 0 Å². The number of hydrogen-bond acceptors (Lipinski definition) is 6. The third-order valence-corrected chi connectivity index (χ3v) is 8.45. The minimum absolute atomic E-state index is 0.0533. The van der Waals surface area contributed by atoms with E-state index in [0.29, 0.717) is 40.1 Å². The fourth-order valence-electron chi connectivity index (χ4n) is 5.00. The van der Waals surface area contributed by atoms with Crippen LogP contribution in [0.3, 0.4) is 0 Å². The van der Waals surface area contributed by atoms with Crippen molar-refractivity contribution in [2.75, 3.05) is 6.54 Å². The Morgan fingerprint density at radius 1 is 1.03 bits per heavy atom. The summed E-state index contributed by atoms with van der Waals surface area (Å²) in [5.41, 5.74) is -0.328. The standard InChI is InChI=1S/C29H39N3O5S/c1-28(2,3)32-38(35,36)24-16-15-22(20-13-9-10-14-21(20)24)25-23(17-19-11-7-6-8-12-19)31-27(37-25)26(33)30-18-29(4,5)34/h9-10,13-16,19,32,34H,6-8,11-12,17-18H2,1-5H3,(H,30,33). The number of rotatable bonds is 8. The third-order valence-electron chi connectivity index (χ3n) is 6.64. The lowest BCUT2D eigenvalue weighted by Gasteiger charge is -2.22. The van der Waals surface area contributed by atoms with Crippen molar-refractivity contribution in [2.24, 2.45) is 5.92 Å². The van der Waals surface area contributed by atoms with Gasteiger partial charge >= 0.3 is 5.91 Å². The van der Waals surface area contributed by atoms with E-state index in [-0.39, 0.29) is 17.3 Å². The van der Waals surface area contributed by atoms with E-state index in [1.165, 1.54) is 19.3 Å². The number of hydrogen-bond donors (Lipinski definition) is 3. The second-order valence-electron chi connectivity index (χ2n) is 12.0. The van der Waals surface area contributed by atoms with Crippen LogP contribution in [0.25, 0.3) is 22.1 Å². The molecule has 0 unspecified atom stereocenters. The van der Waals surface area contributed by atoms with Gasteiger partial charge in [0.25, 0.3) is 5.89 Å². The van der Waals surface area contributed by atoms with Crippen molar-refractivity contribution in [3.8, 4) is 11.3 Å². The molecular weight excluding hydrogens is 502 g/mol. The normalized spacial score (nSPS) is 15.6. The summed E-state index contributed by atoms with van der Waals surface area (Å²) < 4.78 is 35.4. The molecule has 0 bridgehead atoms. The summed E-state index contributed by atoms with van der Waals surface area (Å²) >= 11 is 0. The number of sulfonamides is 1. The lowest BCUT2D eigenvalue weighted by Crippen LogP contribution is -2.40. The van der Waals surface area contributed by atoms with Gasteiger partial charge in [0.15, 0.2) is 5.76 Å². The lowest BCUT2D eigenvalue weighted by molar-refractivity contribution is 0.0678. The topological polar surface area (TPSA) is 122 Å². The molecule has 206 valence electrons. The summed E-state index contributed by atoms with van der Waals surface area (Å²) in [6, 6.07) is 10.6. The maximum Gasteiger partial charge on any atom is 0.307 e. The molecule has 3 N–H and O–H groups in total. The molecule has 1 aliphatic carbocycles. The Labute approximate surface area is 225 Å².